The molecule has 0 aliphatic rings. The van der Waals surface area contributed by atoms with Crippen molar-refractivity contribution < 1.29 is 4.79 Å². The van der Waals surface area contributed by atoms with Crippen molar-refractivity contribution in [3.8, 4) is 6.07 Å². The highest BCUT2D eigenvalue weighted by Gasteiger charge is 1.98. The van der Waals surface area contributed by atoms with Crippen LogP contribution in [0.4, 0.5) is 5.69 Å². The van der Waals surface area contributed by atoms with Crippen molar-refractivity contribution >= 4 is 11.6 Å². The summed E-state index contributed by atoms with van der Waals surface area (Å²) < 4.78 is 0. The van der Waals surface area contributed by atoms with Gasteiger partial charge in [0.15, 0.2) is 0 Å². The van der Waals surface area contributed by atoms with Crippen molar-refractivity contribution in [2.45, 2.75) is 6.92 Å². The summed E-state index contributed by atoms with van der Waals surface area (Å²) in [5.41, 5.74) is 2.07. The first kappa shape index (κ1) is 11.1. The summed E-state index contributed by atoms with van der Waals surface area (Å²) in [6.07, 6.45) is 0. The number of nitrogens with zero attached hydrogens (tertiary/aromatic N) is 1. The van der Waals surface area contributed by atoms with Crippen molar-refractivity contribution in [1.29, 1.82) is 5.26 Å². The molecular formula is C11H13N3O. The molecule has 0 heterocycles. The largest absolute Gasteiger partial charge is 0.376 e. The Morgan fingerprint density at radius 2 is 2.07 bits per heavy atom. The van der Waals surface area contributed by atoms with Crippen LogP contribution < -0.4 is 10.6 Å². The van der Waals surface area contributed by atoms with Crippen LogP contribution in [0.15, 0.2) is 24.3 Å². The van der Waals surface area contributed by atoms with Gasteiger partial charge in [-0.2, -0.15) is 5.26 Å². The van der Waals surface area contributed by atoms with Crippen LogP contribution in [0.25, 0.3) is 0 Å². The maximum atomic E-state index is 11.1. The number of benzene rings is 1. The van der Waals surface area contributed by atoms with Crippen molar-refractivity contribution in [3.63, 3.8) is 0 Å². The zero-order valence-corrected chi connectivity index (χ0v) is 8.58. The van der Waals surface area contributed by atoms with E-state index in [1.54, 1.807) is 0 Å². The molecule has 1 rings (SSSR count). The van der Waals surface area contributed by atoms with Crippen molar-refractivity contribution in [2.75, 3.05) is 18.4 Å². The Morgan fingerprint density at radius 3 is 2.67 bits per heavy atom. The van der Waals surface area contributed by atoms with Gasteiger partial charge in [-0.25, -0.2) is 0 Å². The molecule has 78 valence electrons. The van der Waals surface area contributed by atoms with Gasteiger partial charge in [-0.15, -0.1) is 0 Å². The minimum absolute atomic E-state index is 0.0500. The second kappa shape index (κ2) is 5.66. The van der Waals surface area contributed by atoms with Crippen LogP contribution >= 0.6 is 0 Å². The number of carbonyl (C=O) groups excluding carboxylic acids is 1. The molecule has 4 nitrogen and oxygen atoms in total. The second-order valence-electron chi connectivity index (χ2n) is 3.15. The summed E-state index contributed by atoms with van der Waals surface area (Å²) in [6, 6.07) is 9.60. The molecule has 0 unspecified atom stereocenters. The van der Waals surface area contributed by atoms with Crippen LogP contribution in [0.1, 0.15) is 5.56 Å². The Labute approximate surface area is 88.9 Å². The molecule has 0 saturated heterocycles. The summed E-state index contributed by atoms with van der Waals surface area (Å²) >= 11 is 0. The molecule has 0 spiro atoms. The highest BCUT2D eigenvalue weighted by molar-refractivity contribution is 5.80. The smallest absolute Gasteiger partial charge is 0.240 e. The molecule has 4 heteroatoms. The molecule has 0 fully saturated rings. The van der Waals surface area contributed by atoms with Gasteiger partial charge in [-0.05, 0) is 19.1 Å². The fourth-order valence-corrected chi connectivity index (χ4v) is 1.05. The highest BCUT2D eigenvalue weighted by atomic mass is 16.1. The van der Waals surface area contributed by atoms with E-state index >= 15 is 0 Å². The monoisotopic (exact) mass is 203 g/mol. The highest BCUT2D eigenvalue weighted by Crippen LogP contribution is 2.07. The van der Waals surface area contributed by atoms with Gasteiger partial charge >= 0.3 is 0 Å². The summed E-state index contributed by atoms with van der Waals surface area (Å²) in [6.45, 7) is 2.24. The molecule has 1 aromatic carbocycles. The van der Waals surface area contributed by atoms with Crippen LogP contribution in [0.2, 0.25) is 0 Å². The first-order valence-corrected chi connectivity index (χ1v) is 4.66. The van der Waals surface area contributed by atoms with Gasteiger partial charge in [0, 0.05) is 5.69 Å². The second-order valence-corrected chi connectivity index (χ2v) is 3.15. The number of aryl methyl sites for hydroxylation is 1. The average molecular weight is 203 g/mol. The molecule has 0 saturated carbocycles. The van der Waals surface area contributed by atoms with E-state index in [4.69, 9.17) is 5.26 Å². The SMILES string of the molecule is Cc1ccc(NCC(=O)NCC#N)cc1. The molecular weight excluding hydrogens is 190 g/mol. The molecule has 1 aromatic rings. The van der Waals surface area contributed by atoms with E-state index in [9.17, 15) is 4.79 Å². The summed E-state index contributed by atoms with van der Waals surface area (Å²) in [4.78, 5) is 11.1. The quantitative estimate of drug-likeness (QED) is 0.719. The summed E-state index contributed by atoms with van der Waals surface area (Å²) in [5, 5.41) is 13.7. The molecule has 15 heavy (non-hydrogen) atoms. The average Bonchev–Trinajstić information content (AvgIpc) is 2.25. The van der Waals surface area contributed by atoms with Gasteiger partial charge in [-0.3, -0.25) is 4.79 Å². The lowest BCUT2D eigenvalue weighted by Gasteiger charge is -2.05. The Morgan fingerprint density at radius 1 is 1.40 bits per heavy atom. The molecule has 0 aliphatic heterocycles. The summed E-state index contributed by atoms with van der Waals surface area (Å²) in [7, 11) is 0. The number of anilines is 1. The lowest BCUT2D eigenvalue weighted by molar-refractivity contribution is -0.119. The van der Waals surface area contributed by atoms with Gasteiger partial charge < -0.3 is 10.6 Å². The standard InChI is InChI=1S/C11H13N3O/c1-9-2-4-10(5-3-9)14-8-11(15)13-7-6-12/h2-5,14H,7-8H2,1H3,(H,13,15). The number of carbonyl (C=O) groups is 1. The maximum Gasteiger partial charge on any atom is 0.240 e. The maximum absolute atomic E-state index is 11.1. The lowest BCUT2D eigenvalue weighted by atomic mass is 10.2. The van der Waals surface area contributed by atoms with Gasteiger partial charge in [0.2, 0.25) is 5.91 Å². The van der Waals surface area contributed by atoms with Gasteiger partial charge in [0.25, 0.3) is 0 Å². The van der Waals surface area contributed by atoms with Crippen LogP contribution in [0.5, 0.6) is 0 Å². The van der Waals surface area contributed by atoms with E-state index in [2.05, 4.69) is 10.6 Å². The van der Waals surface area contributed by atoms with Gasteiger partial charge in [0.05, 0.1) is 12.6 Å². The number of nitriles is 1. The number of rotatable bonds is 4. The number of hydrogen-bond acceptors (Lipinski definition) is 3. The predicted octanol–water partition coefficient (Wildman–Crippen LogP) is 1.05. The first-order valence-electron chi connectivity index (χ1n) is 4.66. The zero-order chi connectivity index (χ0) is 11.1. The summed E-state index contributed by atoms with van der Waals surface area (Å²) in [5.74, 6) is -0.183. The Balaban J connectivity index is 2.34. The van der Waals surface area contributed by atoms with Crippen molar-refractivity contribution in [2.24, 2.45) is 0 Å². The van der Waals surface area contributed by atoms with E-state index in [0.29, 0.717) is 0 Å². The molecule has 0 aromatic heterocycles. The first-order chi connectivity index (χ1) is 7.22. The Kier molecular flexibility index (Phi) is 4.17. The van der Waals surface area contributed by atoms with E-state index in [0.717, 1.165) is 5.69 Å². The Bertz CT molecular complexity index is 364. The van der Waals surface area contributed by atoms with E-state index in [1.165, 1.54) is 5.56 Å². The third-order valence-corrected chi connectivity index (χ3v) is 1.87. The van der Waals surface area contributed by atoms with Gasteiger partial charge in [-0.1, -0.05) is 17.7 Å². The number of nitrogens with one attached hydrogen (secondary N) is 2. The fourth-order valence-electron chi connectivity index (χ4n) is 1.05. The molecule has 2 N–H and O–H groups in total. The normalized spacial score (nSPS) is 9.07. The van der Waals surface area contributed by atoms with Crippen molar-refractivity contribution in [3.05, 3.63) is 29.8 Å². The van der Waals surface area contributed by atoms with Gasteiger partial charge in [0.1, 0.15) is 6.54 Å². The van der Waals surface area contributed by atoms with Crippen molar-refractivity contribution in [1.82, 2.24) is 5.32 Å². The zero-order valence-electron chi connectivity index (χ0n) is 8.58. The lowest BCUT2D eigenvalue weighted by Crippen LogP contribution is -2.29. The molecule has 0 radical (unpaired) electrons. The van der Waals surface area contributed by atoms with Crippen LogP contribution in [0.3, 0.4) is 0 Å². The molecule has 0 bridgehead atoms. The topological polar surface area (TPSA) is 64.9 Å². The Hall–Kier alpha value is -2.02. The number of amides is 1. The predicted molar refractivity (Wildman–Crippen MR) is 58.3 cm³/mol. The van der Waals surface area contributed by atoms with E-state index in [-0.39, 0.29) is 19.0 Å². The van der Waals surface area contributed by atoms with Crippen LogP contribution in [-0.4, -0.2) is 19.0 Å². The fraction of sp³-hybridized carbons (Fsp3) is 0.273. The third-order valence-electron chi connectivity index (χ3n) is 1.87. The minimum atomic E-state index is -0.183. The minimum Gasteiger partial charge on any atom is -0.376 e. The number of hydrogen-bond donors (Lipinski definition) is 2. The van der Waals surface area contributed by atoms with E-state index in [1.807, 2.05) is 37.3 Å². The third kappa shape index (κ3) is 4.14. The van der Waals surface area contributed by atoms with E-state index < -0.39 is 0 Å². The van der Waals surface area contributed by atoms with Crippen LogP contribution in [0, 0.1) is 18.3 Å². The molecule has 0 aliphatic carbocycles. The molecule has 1 amide bonds. The van der Waals surface area contributed by atoms with Crippen LogP contribution in [-0.2, 0) is 4.79 Å². The molecule has 0 atom stereocenters.